The average Bonchev–Trinajstić information content (AvgIpc) is 2.95. The van der Waals surface area contributed by atoms with Gasteiger partial charge in [-0.15, -0.1) is 0 Å². The largest absolute Gasteiger partial charge is 0.493 e. The van der Waals surface area contributed by atoms with E-state index in [4.69, 9.17) is 26.8 Å². The molecule has 0 atom stereocenters. The molecule has 0 saturated carbocycles. The number of hydrogen-bond donors (Lipinski definition) is 1. The Morgan fingerprint density at radius 2 is 1.81 bits per heavy atom. The number of benzene rings is 2. The summed E-state index contributed by atoms with van der Waals surface area (Å²) < 4.78 is 11.3. The van der Waals surface area contributed by atoms with E-state index in [0.717, 1.165) is 17.7 Å². The summed E-state index contributed by atoms with van der Waals surface area (Å²) in [7, 11) is 0. The lowest BCUT2D eigenvalue weighted by Gasteiger charge is -2.09. The summed E-state index contributed by atoms with van der Waals surface area (Å²) in [4.78, 5) is 15.8. The molecule has 0 aliphatic carbocycles. The number of aliphatic imine (C=N–C) groups is 1. The second-order valence-electron chi connectivity index (χ2n) is 5.42. The van der Waals surface area contributed by atoms with Gasteiger partial charge in [-0.25, -0.2) is 0 Å². The summed E-state index contributed by atoms with van der Waals surface area (Å²) in [6.07, 6.45) is 2.50. The molecule has 1 aliphatic heterocycles. The fraction of sp³-hybridized carbons (Fsp3) is 0.158. The molecule has 0 bridgehead atoms. The summed E-state index contributed by atoms with van der Waals surface area (Å²) in [6.45, 7) is 1.05. The Hall–Kier alpha value is -2.44. The lowest BCUT2D eigenvalue weighted by molar-refractivity contribution is -0.113. The van der Waals surface area contributed by atoms with Crippen LogP contribution in [0.25, 0.3) is 6.08 Å². The van der Waals surface area contributed by atoms with Crippen molar-refractivity contribution in [1.82, 2.24) is 0 Å². The number of carbonyl (C=O) groups is 1. The van der Waals surface area contributed by atoms with Crippen LogP contribution in [0.3, 0.4) is 0 Å². The maximum absolute atomic E-state index is 11.6. The first-order chi connectivity index (χ1) is 12.6. The van der Waals surface area contributed by atoms with Gasteiger partial charge in [-0.1, -0.05) is 35.9 Å². The molecule has 0 fully saturated rings. The van der Waals surface area contributed by atoms with Crippen molar-refractivity contribution in [2.24, 2.45) is 10.7 Å². The van der Waals surface area contributed by atoms with E-state index in [1.165, 1.54) is 11.8 Å². The van der Waals surface area contributed by atoms with Crippen molar-refractivity contribution in [1.29, 1.82) is 0 Å². The fourth-order valence-corrected chi connectivity index (χ4v) is 3.10. The molecule has 1 heterocycles. The van der Waals surface area contributed by atoms with Crippen LogP contribution in [0.4, 0.5) is 0 Å². The third-order valence-electron chi connectivity index (χ3n) is 3.47. The lowest BCUT2D eigenvalue weighted by Crippen LogP contribution is -2.05. The number of para-hydroxylation sites is 1. The summed E-state index contributed by atoms with van der Waals surface area (Å²) in [5, 5.41) is 0.879. The fourth-order valence-electron chi connectivity index (χ4n) is 2.23. The van der Waals surface area contributed by atoms with Gasteiger partial charge < -0.3 is 15.2 Å². The smallest absolute Gasteiger partial charge is 0.286 e. The van der Waals surface area contributed by atoms with Gasteiger partial charge >= 0.3 is 0 Å². The van der Waals surface area contributed by atoms with Crippen molar-refractivity contribution in [3.05, 3.63) is 64.0 Å². The molecule has 0 aromatic heterocycles. The molecule has 2 aromatic rings. The van der Waals surface area contributed by atoms with E-state index in [2.05, 4.69) is 4.99 Å². The second-order valence-corrected chi connectivity index (χ2v) is 6.89. The quantitative estimate of drug-likeness (QED) is 0.570. The highest BCUT2D eigenvalue weighted by atomic mass is 35.5. The van der Waals surface area contributed by atoms with Gasteiger partial charge in [0.15, 0.2) is 5.17 Å². The van der Waals surface area contributed by atoms with Gasteiger partial charge in [0, 0.05) is 6.42 Å². The predicted molar refractivity (Wildman–Crippen MR) is 106 cm³/mol. The minimum atomic E-state index is -0.300. The molecule has 134 valence electrons. The van der Waals surface area contributed by atoms with Crippen LogP contribution in [0.1, 0.15) is 12.0 Å². The van der Waals surface area contributed by atoms with Crippen LogP contribution in [-0.2, 0) is 4.79 Å². The minimum Gasteiger partial charge on any atom is -0.493 e. The molecule has 2 N–H and O–H groups in total. The zero-order valence-corrected chi connectivity index (χ0v) is 15.4. The van der Waals surface area contributed by atoms with E-state index in [0.29, 0.717) is 28.9 Å². The topological polar surface area (TPSA) is 73.9 Å². The van der Waals surface area contributed by atoms with Crippen LogP contribution < -0.4 is 15.2 Å². The monoisotopic (exact) mass is 388 g/mol. The van der Waals surface area contributed by atoms with Gasteiger partial charge in [0.05, 0.1) is 23.1 Å². The van der Waals surface area contributed by atoms with Crippen molar-refractivity contribution >= 4 is 40.5 Å². The van der Waals surface area contributed by atoms with E-state index < -0.39 is 0 Å². The van der Waals surface area contributed by atoms with E-state index in [9.17, 15) is 4.79 Å². The number of nitrogens with two attached hydrogens (primary N) is 1. The molecule has 0 radical (unpaired) electrons. The number of ether oxygens (including phenoxy) is 2. The Balaban J connectivity index is 1.43. The highest BCUT2D eigenvalue weighted by molar-refractivity contribution is 8.18. The molecule has 1 amide bonds. The first-order valence-electron chi connectivity index (χ1n) is 8.00. The van der Waals surface area contributed by atoms with Crippen LogP contribution in [-0.4, -0.2) is 24.3 Å². The molecule has 26 heavy (non-hydrogen) atoms. The molecular formula is C19H17ClN2O3S. The van der Waals surface area contributed by atoms with Gasteiger partial charge in [-0.05, 0) is 47.7 Å². The summed E-state index contributed by atoms with van der Waals surface area (Å²) >= 11 is 7.20. The van der Waals surface area contributed by atoms with Gasteiger partial charge in [0.1, 0.15) is 11.5 Å². The van der Waals surface area contributed by atoms with E-state index in [1.807, 2.05) is 42.5 Å². The number of nitrogens with zero attached hydrogens (tertiary/aromatic N) is 1. The van der Waals surface area contributed by atoms with E-state index >= 15 is 0 Å². The SMILES string of the molecule is NC1=NC(=O)/C(=C/c2ccc(OCCCOc3ccccc3Cl)cc2)S1. The first kappa shape index (κ1) is 18.4. The van der Waals surface area contributed by atoms with Crippen molar-refractivity contribution in [3.63, 3.8) is 0 Å². The molecule has 1 aliphatic rings. The van der Waals surface area contributed by atoms with Gasteiger partial charge in [-0.3, -0.25) is 4.79 Å². The standard InChI is InChI=1S/C19H17ClN2O3S/c20-15-4-1-2-5-16(15)25-11-3-10-24-14-8-6-13(7-9-14)12-17-18(23)22-19(21)26-17/h1-2,4-9,12H,3,10-11H2,(H2,21,22,23)/b17-12-. The lowest BCUT2D eigenvalue weighted by atomic mass is 10.2. The Kier molecular flexibility index (Phi) is 6.20. The minimum absolute atomic E-state index is 0.278. The summed E-state index contributed by atoms with van der Waals surface area (Å²) in [5.41, 5.74) is 6.42. The number of amides is 1. The summed E-state index contributed by atoms with van der Waals surface area (Å²) in [5.74, 6) is 1.13. The number of amidine groups is 1. The highest BCUT2D eigenvalue weighted by Gasteiger charge is 2.19. The Morgan fingerprint density at radius 3 is 2.50 bits per heavy atom. The van der Waals surface area contributed by atoms with Gasteiger partial charge in [0.2, 0.25) is 0 Å². The molecule has 2 aromatic carbocycles. The molecule has 0 unspecified atom stereocenters. The Bertz CT molecular complexity index is 850. The van der Waals surface area contributed by atoms with Gasteiger partial charge in [0.25, 0.3) is 5.91 Å². The average molecular weight is 389 g/mol. The van der Waals surface area contributed by atoms with Crippen LogP contribution in [0, 0.1) is 0 Å². The van der Waals surface area contributed by atoms with Crippen LogP contribution in [0.15, 0.2) is 58.4 Å². The zero-order chi connectivity index (χ0) is 18.4. The van der Waals surface area contributed by atoms with E-state index in [1.54, 1.807) is 12.1 Å². The Labute approximate surface area is 160 Å². The highest BCUT2D eigenvalue weighted by Crippen LogP contribution is 2.27. The number of halogens is 1. The zero-order valence-electron chi connectivity index (χ0n) is 13.9. The number of rotatable bonds is 7. The van der Waals surface area contributed by atoms with Crippen LogP contribution in [0.5, 0.6) is 11.5 Å². The van der Waals surface area contributed by atoms with E-state index in [-0.39, 0.29) is 11.1 Å². The summed E-state index contributed by atoms with van der Waals surface area (Å²) in [6, 6.07) is 14.8. The molecule has 3 rings (SSSR count). The third kappa shape index (κ3) is 5.03. The molecule has 0 spiro atoms. The van der Waals surface area contributed by atoms with Crippen molar-refractivity contribution < 1.29 is 14.3 Å². The molecular weight excluding hydrogens is 372 g/mol. The maximum Gasteiger partial charge on any atom is 0.286 e. The van der Waals surface area contributed by atoms with Crippen molar-refractivity contribution in [2.45, 2.75) is 6.42 Å². The van der Waals surface area contributed by atoms with Crippen LogP contribution in [0.2, 0.25) is 5.02 Å². The Morgan fingerprint density at radius 1 is 1.08 bits per heavy atom. The number of carbonyl (C=O) groups excluding carboxylic acids is 1. The van der Waals surface area contributed by atoms with Crippen molar-refractivity contribution in [2.75, 3.05) is 13.2 Å². The second kappa shape index (κ2) is 8.78. The number of hydrogen-bond acceptors (Lipinski definition) is 5. The predicted octanol–water partition coefficient (Wildman–Crippen LogP) is 4.12. The first-order valence-corrected chi connectivity index (χ1v) is 9.19. The van der Waals surface area contributed by atoms with Crippen molar-refractivity contribution in [3.8, 4) is 11.5 Å². The van der Waals surface area contributed by atoms with Crippen LogP contribution >= 0.6 is 23.4 Å². The normalized spacial score (nSPS) is 15.2. The van der Waals surface area contributed by atoms with Gasteiger partial charge in [-0.2, -0.15) is 4.99 Å². The number of thioether (sulfide) groups is 1. The molecule has 5 nitrogen and oxygen atoms in total. The molecule has 7 heteroatoms. The third-order valence-corrected chi connectivity index (χ3v) is 4.59. The molecule has 0 saturated heterocycles. The maximum atomic E-state index is 11.6.